The van der Waals surface area contributed by atoms with Crippen molar-refractivity contribution in [2.24, 2.45) is 0 Å². The van der Waals surface area contributed by atoms with Gasteiger partial charge in [0, 0.05) is 18.7 Å². The Labute approximate surface area is 142 Å². The van der Waals surface area contributed by atoms with E-state index < -0.39 is 6.36 Å². The third-order valence-electron chi connectivity index (χ3n) is 3.66. The van der Waals surface area contributed by atoms with Crippen molar-refractivity contribution in [2.45, 2.75) is 6.36 Å². The second-order valence-corrected chi connectivity index (χ2v) is 5.38. The lowest BCUT2D eigenvalue weighted by Gasteiger charge is -2.28. The van der Waals surface area contributed by atoms with Gasteiger partial charge in [0.05, 0.1) is 30.5 Å². The van der Waals surface area contributed by atoms with Gasteiger partial charge in [-0.3, -0.25) is 0 Å². The van der Waals surface area contributed by atoms with E-state index in [9.17, 15) is 18.4 Å². The van der Waals surface area contributed by atoms with Gasteiger partial charge in [-0.25, -0.2) is 4.98 Å². The Balaban J connectivity index is 1.89. The number of nitriles is 1. The molecule has 0 unspecified atom stereocenters. The van der Waals surface area contributed by atoms with Crippen LogP contribution in [-0.2, 0) is 4.74 Å². The number of hydrogen-bond acceptors (Lipinski definition) is 5. The van der Waals surface area contributed by atoms with Crippen LogP contribution in [0.3, 0.4) is 0 Å². The number of rotatable bonds is 3. The first-order valence-electron chi connectivity index (χ1n) is 7.56. The zero-order valence-corrected chi connectivity index (χ0v) is 13.1. The van der Waals surface area contributed by atoms with Crippen molar-refractivity contribution in [3.05, 3.63) is 42.0 Å². The molecule has 5 nitrogen and oxygen atoms in total. The van der Waals surface area contributed by atoms with Crippen LogP contribution in [-0.4, -0.2) is 37.6 Å². The first-order valence-corrected chi connectivity index (χ1v) is 7.56. The monoisotopic (exact) mass is 349 g/mol. The van der Waals surface area contributed by atoms with Crippen LogP contribution in [0.5, 0.6) is 5.75 Å². The number of nitrogens with zero attached hydrogens (tertiary/aromatic N) is 3. The van der Waals surface area contributed by atoms with Gasteiger partial charge in [0.15, 0.2) is 0 Å². The number of anilines is 1. The quantitative estimate of drug-likeness (QED) is 0.850. The molecule has 0 N–H and O–H groups in total. The summed E-state index contributed by atoms with van der Waals surface area (Å²) in [6.07, 6.45) is -4.73. The number of halogens is 3. The first-order chi connectivity index (χ1) is 11.9. The predicted octanol–water partition coefficient (Wildman–Crippen LogP) is 3.36. The van der Waals surface area contributed by atoms with Crippen molar-refractivity contribution < 1.29 is 22.6 Å². The molecule has 8 heteroatoms. The Morgan fingerprint density at radius 2 is 1.80 bits per heavy atom. The average Bonchev–Trinajstić information content (AvgIpc) is 2.61. The fourth-order valence-electron chi connectivity index (χ4n) is 2.51. The molecule has 0 aliphatic carbocycles. The van der Waals surface area contributed by atoms with E-state index in [1.807, 2.05) is 4.90 Å². The lowest BCUT2D eigenvalue weighted by Crippen LogP contribution is -2.36. The van der Waals surface area contributed by atoms with Crippen LogP contribution >= 0.6 is 0 Å². The van der Waals surface area contributed by atoms with E-state index in [1.165, 1.54) is 24.3 Å². The van der Waals surface area contributed by atoms with Crippen LogP contribution in [0.15, 0.2) is 36.4 Å². The van der Waals surface area contributed by atoms with Gasteiger partial charge in [-0.2, -0.15) is 5.26 Å². The van der Waals surface area contributed by atoms with Crippen molar-refractivity contribution >= 4 is 5.82 Å². The van der Waals surface area contributed by atoms with Gasteiger partial charge < -0.3 is 14.4 Å². The zero-order valence-electron chi connectivity index (χ0n) is 13.1. The highest BCUT2D eigenvalue weighted by Crippen LogP contribution is 2.27. The molecule has 1 aromatic heterocycles. The van der Waals surface area contributed by atoms with Crippen molar-refractivity contribution in [1.29, 1.82) is 5.26 Å². The van der Waals surface area contributed by atoms with E-state index >= 15 is 0 Å². The number of alkyl halides is 3. The molecule has 1 fully saturated rings. The molecule has 0 amide bonds. The zero-order chi connectivity index (χ0) is 17.9. The molecule has 0 saturated carbocycles. The molecule has 0 bridgehead atoms. The normalized spacial score (nSPS) is 14.9. The minimum atomic E-state index is -4.73. The van der Waals surface area contributed by atoms with Crippen molar-refractivity contribution in [3.63, 3.8) is 0 Å². The molecular weight excluding hydrogens is 335 g/mol. The second kappa shape index (κ2) is 6.99. The minimum absolute atomic E-state index is 0.305. The lowest BCUT2D eigenvalue weighted by atomic mass is 10.1. The molecule has 1 aliphatic rings. The topological polar surface area (TPSA) is 58.4 Å². The maximum absolute atomic E-state index is 12.2. The van der Waals surface area contributed by atoms with E-state index in [1.54, 1.807) is 12.1 Å². The summed E-state index contributed by atoms with van der Waals surface area (Å²) in [5.74, 6) is 0.342. The maximum Gasteiger partial charge on any atom is 0.573 e. The number of pyridine rings is 1. The molecule has 1 aliphatic heterocycles. The number of hydrogen-bond donors (Lipinski definition) is 0. The van der Waals surface area contributed by atoms with Crippen LogP contribution in [0, 0.1) is 11.3 Å². The highest BCUT2D eigenvalue weighted by Gasteiger charge is 2.31. The fourth-order valence-corrected chi connectivity index (χ4v) is 2.51. The van der Waals surface area contributed by atoms with Crippen LogP contribution in [0.25, 0.3) is 11.3 Å². The SMILES string of the molecule is N#Cc1cc(-c2ccc(OC(F)(F)F)cc2)nc(N2CCOCC2)c1. The standard InChI is InChI=1S/C17H14F3N3O2/c18-17(19,20)25-14-3-1-13(2-4-14)15-9-12(11-21)10-16(22-15)23-5-7-24-8-6-23/h1-4,9-10H,5-8H2. The van der Waals surface area contributed by atoms with E-state index in [-0.39, 0.29) is 5.75 Å². The molecule has 1 saturated heterocycles. The Morgan fingerprint density at radius 1 is 1.12 bits per heavy atom. The molecular formula is C17H14F3N3O2. The fraction of sp³-hybridized carbons (Fsp3) is 0.294. The van der Waals surface area contributed by atoms with E-state index in [4.69, 9.17) is 4.74 Å². The Kier molecular flexibility index (Phi) is 4.76. The van der Waals surface area contributed by atoms with E-state index in [0.29, 0.717) is 48.9 Å². The molecule has 2 heterocycles. The summed E-state index contributed by atoms with van der Waals surface area (Å²) in [6, 6.07) is 10.8. The van der Waals surface area contributed by atoms with Gasteiger partial charge in [0.1, 0.15) is 11.6 Å². The second-order valence-electron chi connectivity index (χ2n) is 5.38. The summed E-state index contributed by atoms with van der Waals surface area (Å²) in [5, 5.41) is 9.24. The Morgan fingerprint density at radius 3 is 2.40 bits per heavy atom. The lowest BCUT2D eigenvalue weighted by molar-refractivity contribution is -0.274. The summed E-state index contributed by atoms with van der Waals surface area (Å²) >= 11 is 0. The van der Waals surface area contributed by atoms with E-state index in [0.717, 1.165) is 0 Å². The van der Waals surface area contributed by atoms with Gasteiger partial charge in [-0.15, -0.1) is 13.2 Å². The van der Waals surface area contributed by atoms with E-state index in [2.05, 4.69) is 15.8 Å². The molecule has 2 aromatic rings. The highest BCUT2D eigenvalue weighted by atomic mass is 19.4. The largest absolute Gasteiger partial charge is 0.573 e. The summed E-state index contributed by atoms with van der Waals surface area (Å²) in [5.41, 5.74) is 1.54. The van der Waals surface area contributed by atoms with Gasteiger partial charge in [0.2, 0.25) is 0 Å². The van der Waals surface area contributed by atoms with Crippen molar-refractivity contribution in [1.82, 2.24) is 4.98 Å². The van der Waals surface area contributed by atoms with Crippen molar-refractivity contribution in [2.75, 3.05) is 31.2 Å². The minimum Gasteiger partial charge on any atom is -0.406 e. The molecule has 0 spiro atoms. The number of morpholine rings is 1. The molecule has 3 rings (SSSR count). The maximum atomic E-state index is 12.2. The summed E-state index contributed by atoms with van der Waals surface area (Å²) in [6.45, 7) is 2.49. The third kappa shape index (κ3) is 4.39. The molecule has 0 atom stereocenters. The van der Waals surface area contributed by atoms with Crippen LogP contribution < -0.4 is 9.64 Å². The summed E-state index contributed by atoms with van der Waals surface area (Å²) in [7, 11) is 0. The van der Waals surface area contributed by atoms with Crippen LogP contribution in [0.1, 0.15) is 5.56 Å². The van der Waals surface area contributed by atoms with Crippen molar-refractivity contribution in [3.8, 4) is 23.1 Å². The summed E-state index contributed by atoms with van der Waals surface area (Å²) in [4.78, 5) is 6.54. The molecule has 25 heavy (non-hydrogen) atoms. The molecule has 1 aromatic carbocycles. The molecule has 0 radical (unpaired) electrons. The number of aromatic nitrogens is 1. The van der Waals surface area contributed by atoms with Crippen LogP contribution in [0.2, 0.25) is 0 Å². The predicted molar refractivity (Wildman–Crippen MR) is 84.1 cm³/mol. The van der Waals surface area contributed by atoms with Gasteiger partial charge >= 0.3 is 6.36 Å². The Hall–Kier alpha value is -2.79. The average molecular weight is 349 g/mol. The number of ether oxygens (including phenoxy) is 2. The third-order valence-corrected chi connectivity index (χ3v) is 3.66. The van der Waals surface area contributed by atoms with Gasteiger partial charge in [-0.1, -0.05) is 0 Å². The Bertz CT molecular complexity index is 779. The summed E-state index contributed by atoms with van der Waals surface area (Å²) < 4.78 is 45.9. The van der Waals surface area contributed by atoms with Gasteiger partial charge in [0.25, 0.3) is 0 Å². The first kappa shape index (κ1) is 17.0. The van der Waals surface area contributed by atoms with Crippen LogP contribution in [0.4, 0.5) is 19.0 Å². The smallest absolute Gasteiger partial charge is 0.406 e. The number of benzene rings is 1. The van der Waals surface area contributed by atoms with Gasteiger partial charge in [-0.05, 0) is 36.4 Å². The molecule has 130 valence electrons. The highest BCUT2D eigenvalue weighted by molar-refractivity contribution is 5.65.